The average molecular weight is 292 g/mol. The van der Waals surface area contributed by atoms with Crippen LogP contribution in [0.5, 0.6) is 5.75 Å². The number of nitrogens with one attached hydrogen (secondary N) is 1. The highest BCUT2D eigenvalue weighted by Gasteiger charge is 2.15. The first-order valence-electron chi connectivity index (χ1n) is 7.71. The standard InChI is InChI=1S/C17H28N2O2/c1-5-9-19-15(17(18)20)8-10-21-16-11-13(4)6-7-14(16)12(2)3/h6-7,11-12,15,19H,5,8-10H2,1-4H3,(H2,18,20). The van der Waals surface area contributed by atoms with Crippen LogP contribution in [0.25, 0.3) is 0 Å². The molecule has 3 N–H and O–H groups in total. The Kier molecular flexibility index (Phi) is 7.23. The van der Waals surface area contributed by atoms with E-state index in [2.05, 4.69) is 38.2 Å². The fourth-order valence-electron chi connectivity index (χ4n) is 2.19. The lowest BCUT2D eigenvalue weighted by molar-refractivity contribution is -0.120. The van der Waals surface area contributed by atoms with Gasteiger partial charge in [-0.3, -0.25) is 4.79 Å². The Bertz CT molecular complexity index is 458. The van der Waals surface area contributed by atoms with Crippen molar-refractivity contribution in [1.82, 2.24) is 5.32 Å². The molecule has 0 heterocycles. The third-order valence-corrected chi connectivity index (χ3v) is 3.44. The molecule has 4 heteroatoms. The second-order valence-corrected chi connectivity index (χ2v) is 5.74. The van der Waals surface area contributed by atoms with Gasteiger partial charge in [0, 0.05) is 6.42 Å². The van der Waals surface area contributed by atoms with E-state index in [9.17, 15) is 4.79 Å². The second-order valence-electron chi connectivity index (χ2n) is 5.74. The highest BCUT2D eigenvalue weighted by molar-refractivity contribution is 5.79. The van der Waals surface area contributed by atoms with Crippen molar-refractivity contribution in [3.63, 3.8) is 0 Å². The summed E-state index contributed by atoms with van der Waals surface area (Å²) < 4.78 is 5.89. The van der Waals surface area contributed by atoms with Crippen LogP contribution in [0.1, 0.15) is 50.7 Å². The fourth-order valence-corrected chi connectivity index (χ4v) is 2.19. The zero-order valence-corrected chi connectivity index (χ0v) is 13.6. The van der Waals surface area contributed by atoms with Crippen molar-refractivity contribution < 1.29 is 9.53 Å². The zero-order valence-electron chi connectivity index (χ0n) is 13.6. The third kappa shape index (κ3) is 5.76. The molecule has 0 aliphatic heterocycles. The van der Waals surface area contributed by atoms with Crippen molar-refractivity contribution >= 4 is 5.91 Å². The minimum absolute atomic E-state index is 0.319. The van der Waals surface area contributed by atoms with Gasteiger partial charge >= 0.3 is 0 Å². The van der Waals surface area contributed by atoms with E-state index in [1.165, 1.54) is 11.1 Å². The summed E-state index contributed by atoms with van der Waals surface area (Å²) in [6, 6.07) is 5.93. The lowest BCUT2D eigenvalue weighted by Crippen LogP contribution is -2.42. The van der Waals surface area contributed by atoms with Crippen LogP contribution in [-0.4, -0.2) is 25.1 Å². The van der Waals surface area contributed by atoms with Crippen LogP contribution in [0, 0.1) is 6.92 Å². The van der Waals surface area contributed by atoms with E-state index in [4.69, 9.17) is 10.5 Å². The lowest BCUT2D eigenvalue weighted by atomic mass is 10.0. The van der Waals surface area contributed by atoms with Crippen molar-refractivity contribution in [1.29, 1.82) is 0 Å². The Morgan fingerprint density at radius 1 is 1.38 bits per heavy atom. The van der Waals surface area contributed by atoms with E-state index >= 15 is 0 Å². The minimum Gasteiger partial charge on any atom is -0.493 e. The Labute approximate surface area is 128 Å². The molecule has 1 atom stereocenters. The molecular formula is C17H28N2O2. The topological polar surface area (TPSA) is 64.3 Å². The molecule has 118 valence electrons. The van der Waals surface area contributed by atoms with Gasteiger partial charge in [0.05, 0.1) is 12.6 Å². The van der Waals surface area contributed by atoms with E-state index in [1.54, 1.807) is 0 Å². The van der Waals surface area contributed by atoms with E-state index in [-0.39, 0.29) is 11.9 Å². The van der Waals surface area contributed by atoms with Gasteiger partial charge in [0.1, 0.15) is 5.75 Å². The van der Waals surface area contributed by atoms with Crippen molar-refractivity contribution in [2.45, 2.75) is 52.5 Å². The fraction of sp³-hybridized carbons (Fsp3) is 0.588. The average Bonchev–Trinajstić information content (AvgIpc) is 2.41. The quantitative estimate of drug-likeness (QED) is 0.735. The number of primary amides is 1. The molecule has 0 radical (unpaired) electrons. The van der Waals surface area contributed by atoms with Crippen molar-refractivity contribution in [2.75, 3.05) is 13.2 Å². The largest absolute Gasteiger partial charge is 0.493 e. The van der Waals surface area contributed by atoms with Gasteiger partial charge < -0.3 is 15.8 Å². The van der Waals surface area contributed by atoms with Crippen molar-refractivity contribution in [3.8, 4) is 5.75 Å². The number of carbonyl (C=O) groups is 1. The summed E-state index contributed by atoms with van der Waals surface area (Å²) in [7, 11) is 0. The molecule has 0 fully saturated rings. The molecule has 4 nitrogen and oxygen atoms in total. The minimum atomic E-state index is -0.322. The van der Waals surface area contributed by atoms with E-state index in [1.807, 2.05) is 13.0 Å². The Hall–Kier alpha value is -1.55. The molecule has 1 unspecified atom stereocenters. The van der Waals surface area contributed by atoms with Crippen LogP contribution >= 0.6 is 0 Å². The second kappa shape index (κ2) is 8.67. The molecule has 1 rings (SSSR count). The molecule has 0 aliphatic rings. The molecule has 0 aromatic heterocycles. The normalized spacial score (nSPS) is 12.4. The highest BCUT2D eigenvalue weighted by Crippen LogP contribution is 2.27. The predicted molar refractivity (Wildman–Crippen MR) is 86.7 cm³/mol. The van der Waals surface area contributed by atoms with Crippen molar-refractivity contribution in [2.24, 2.45) is 5.73 Å². The first kappa shape index (κ1) is 17.5. The molecule has 21 heavy (non-hydrogen) atoms. The molecule has 0 spiro atoms. The number of aryl methyl sites for hydroxylation is 1. The summed E-state index contributed by atoms with van der Waals surface area (Å²) in [5, 5.41) is 3.15. The van der Waals surface area contributed by atoms with Crippen LogP contribution in [-0.2, 0) is 4.79 Å². The molecule has 0 bridgehead atoms. The van der Waals surface area contributed by atoms with E-state index < -0.39 is 0 Å². The maximum absolute atomic E-state index is 11.4. The van der Waals surface area contributed by atoms with Crippen LogP contribution in [0.15, 0.2) is 18.2 Å². The van der Waals surface area contributed by atoms with Gasteiger partial charge in [-0.1, -0.05) is 32.9 Å². The number of hydrogen-bond donors (Lipinski definition) is 2. The smallest absolute Gasteiger partial charge is 0.234 e. The van der Waals surface area contributed by atoms with Gasteiger partial charge in [0.15, 0.2) is 0 Å². The van der Waals surface area contributed by atoms with Crippen LogP contribution in [0.3, 0.4) is 0 Å². The molecule has 0 aliphatic carbocycles. The summed E-state index contributed by atoms with van der Waals surface area (Å²) in [5.74, 6) is 0.995. The molecular weight excluding hydrogens is 264 g/mol. The van der Waals surface area contributed by atoms with Crippen LogP contribution in [0.4, 0.5) is 0 Å². The lowest BCUT2D eigenvalue weighted by Gasteiger charge is -2.18. The summed E-state index contributed by atoms with van der Waals surface area (Å²) in [5.41, 5.74) is 7.77. The van der Waals surface area contributed by atoms with Crippen molar-refractivity contribution in [3.05, 3.63) is 29.3 Å². The van der Waals surface area contributed by atoms with E-state index in [0.717, 1.165) is 18.7 Å². The molecule has 0 saturated heterocycles. The van der Waals surface area contributed by atoms with Gasteiger partial charge in [-0.05, 0) is 43.0 Å². The van der Waals surface area contributed by atoms with E-state index in [0.29, 0.717) is 18.9 Å². The van der Waals surface area contributed by atoms with Gasteiger partial charge in [0.2, 0.25) is 5.91 Å². The number of amides is 1. The van der Waals surface area contributed by atoms with Gasteiger partial charge in [0.25, 0.3) is 0 Å². The number of ether oxygens (including phenoxy) is 1. The number of rotatable bonds is 9. The monoisotopic (exact) mass is 292 g/mol. The first-order valence-corrected chi connectivity index (χ1v) is 7.71. The molecule has 1 aromatic carbocycles. The number of benzene rings is 1. The van der Waals surface area contributed by atoms with Gasteiger partial charge in [-0.25, -0.2) is 0 Å². The SMILES string of the molecule is CCCNC(CCOc1cc(C)ccc1C(C)C)C(N)=O. The molecule has 0 saturated carbocycles. The molecule has 1 aromatic rings. The predicted octanol–water partition coefficient (Wildman–Crippen LogP) is 2.74. The summed E-state index contributed by atoms with van der Waals surface area (Å²) in [4.78, 5) is 11.4. The maximum atomic E-state index is 11.4. The Morgan fingerprint density at radius 3 is 2.67 bits per heavy atom. The number of carbonyl (C=O) groups excluding carboxylic acids is 1. The number of hydrogen-bond acceptors (Lipinski definition) is 3. The Morgan fingerprint density at radius 2 is 2.10 bits per heavy atom. The highest BCUT2D eigenvalue weighted by atomic mass is 16.5. The summed E-state index contributed by atoms with van der Waals surface area (Å²) >= 11 is 0. The Balaban J connectivity index is 2.61. The van der Waals surface area contributed by atoms with Crippen LogP contribution < -0.4 is 15.8 Å². The molecule has 1 amide bonds. The first-order chi connectivity index (χ1) is 9.95. The summed E-state index contributed by atoms with van der Waals surface area (Å²) in [6.07, 6.45) is 1.56. The third-order valence-electron chi connectivity index (χ3n) is 3.44. The summed E-state index contributed by atoms with van der Waals surface area (Å²) in [6.45, 7) is 9.66. The number of nitrogens with two attached hydrogens (primary N) is 1. The van der Waals surface area contributed by atoms with Crippen LogP contribution in [0.2, 0.25) is 0 Å². The van der Waals surface area contributed by atoms with Gasteiger partial charge in [-0.15, -0.1) is 0 Å². The zero-order chi connectivity index (χ0) is 15.8. The van der Waals surface area contributed by atoms with Gasteiger partial charge in [-0.2, -0.15) is 0 Å². The maximum Gasteiger partial charge on any atom is 0.234 e.